The van der Waals surface area contributed by atoms with Crippen LogP contribution in [-0.4, -0.2) is 53.4 Å². The lowest BCUT2D eigenvalue weighted by molar-refractivity contribution is 0.223. The van der Waals surface area contributed by atoms with Gasteiger partial charge in [-0.1, -0.05) is 0 Å². The van der Waals surface area contributed by atoms with Crippen molar-refractivity contribution >= 4 is 5.82 Å². The average molecular weight is 440 g/mol. The lowest BCUT2D eigenvalue weighted by Gasteiger charge is -2.37. The Kier molecular flexibility index (Phi) is 7.75. The molecule has 0 unspecified atom stereocenters. The van der Waals surface area contributed by atoms with E-state index >= 15 is 0 Å². The van der Waals surface area contributed by atoms with E-state index in [4.69, 9.17) is 10.00 Å². The summed E-state index contributed by atoms with van der Waals surface area (Å²) < 4.78 is 8.83. The highest BCUT2D eigenvalue weighted by atomic mass is 16.5. The largest absolute Gasteiger partial charge is 0.494 e. The summed E-state index contributed by atoms with van der Waals surface area (Å²) in [5, 5.41) is 8.85. The first-order valence-electron chi connectivity index (χ1n) is 11.3. The van der Waals surface area contributed by atoms with Gasteiger partial charge in [0.25, 0.3) is 5.56 Å². The molecule has 0 N–H and O–H groups in total. The molecule has 1 saturated heterocycles. The molecule has 0 bridgehead atoms. The lowest BCUT2D eigenvalue weighted by Crippen LogP contribution is -2.50. The molecule has 1 aliphatic rings. The van der Waals surface area contributed by atoms with Crippen molar-refractivity contribution in [1.82, 2.24) is 14.0 Å². The minimum Gasteiger partial charge on any atom is -0.494 e. The third-order valence-corrected chi connectivity index (χ3v) is 5.75. The van der Waals surface area contributed by atoms with Gasteiger partial charge in [-0.25, -0.2) is 4.79 Å². The minimum atomic E-state index is -0.237. The van der Waals surface area contributed by atoms with Crippen molar-refractivity contribution in [2.24, 2.45) is 0 Å². The number of rotatable bonds is 8. The van der Waals surface area contributed by atoms with Gasteiger partial charge in [0, 0.05) is 50.9 Å². The zero-order chi connectivity index (χ0) is 23.3. The summed E-state index contributed by atoms with van der Waals surface area (Å²) in [5.74, 6) is 1.49. The predicted octanol–water partition coefficient (Wildman–Crippen LogP) is 2.63. The van der Waals surface area contributed by atoms with Gasteiger partial charge in [0.15, 0.2) is 0 Å². The minimum absolute atomic E-state index is 0.0273. The topological polar surface area (TPSA) is 83.5 Å². The van der Waals surface area contributed by atoms with Gasteiger partial charge in [0.05, 0.1) is 18.2 Å². The molecule has 0 saturated carbocycles. The van der Waals surface area contributed by atoms with Crippen LogP contribution in [0.4, 0.5) is 5.82 Å². The number of ether oxygens (including phenoxy) is 1. The molecule has 1 fully saturated rings. The van der Waals surface area contributed by atoms with Gasteiger partial charge in [-0.05, 0) is 58.4 Å². The number of nitrogens with zero attached hydrogens (tertiary/aromatic N) is 5. The molecule has 0 amide bonds. The second kappa shape index (κ2) is 10.5. The standard InChI is InChI=1S/C24H33N5O3/c1-18(2)28-22(16-23(30)29(19(3)4)24(28)31)27-13-11-26(12-14-27)10-5-15-32-21-8-6-20(17-25)7-9-21/h6-9,16,18-19H,5,10-15H2,1-4H3. The van der Waals surface area contributed by atoms with Crippen LogP contribution in [0.5, 0.6) is 5.75 Å². The van der Waals surface area contributed by atoms with Crippen molar-refractivity contribution in [2.75, 3.05) is 44.2 Å². The fourth-order valence-electron chi connectivity index (χ4n) is 4.07. The Bertz CT molecular complexity index is 1060. The molecule has 2 aromatic rings. The van der Waals surface area contributed by atoms with Gasteiger partial charge in [-0.2, -0.15) is 5.26 Å². The van der Waals surface area contributed by atoms with E-state index in [1.54, 1.807) is 22.8 Å². The normalized spacial score (nSPS) is 14.7. The fraction of sp³-hybridized carbons (Fsp3) is 0.542. The van der Waals surface area contributed by atoms with Gasteiger partial charge in [-0.3, -0.25) is 18.8 Å². The van der Waals surface area contributed by atoms with Gasteiger partial charge in [0.1, 0.15) is 11.6 Å². The van der Waals surface area contributed by atoms with Crippen LogP contribution in [0.1, 0.15) is 51.8 Å². The Morgan fingerprint density at radius 3 is 2.16 bits per heavy atom. The van der Waals surface area contributed by atoms with E-state index in [-0.39, 0.29) is 23.3 Å². The highest BCUT2D eigenvalue weighted by Gasteiger charge is 2.23. The van der Waals surface area contributed by atoms with E-state index < -0.39 is 0 Å². The summed E-state index contributed by atoms with van der Waals surface area (Å²) in [6.45, 7) is 12.5. The second-order valence-corrected chi connectivity index (χ2v) is 8.72. The molecule has 0 atom stereocenters. The highest BCUT2D eigenvalue weighted by molar-refractivity contribution is 5.40. The highest BCUT2D eigenvalue weighted by Crippen LogP contribution is 2.18. The van der Waals surface area contributed by atoms with E-state index in [0.29, 0.717) is 12.2 Å². The van der Waals surface area contributed by atoms with Crippen LogP contribution >= 0.6 is 0 Å². The quantitative estimate of drug-likeness (QED) is 0.588. The maximum Gasteiger partial charge on any atom is 0.333 e. The van der Waals surface area contributed by atoms with E-state index in [1.807, 2.05) is 39.8 Å². The van der Waals surface area contributed by atoms with E-state index in [9.17, 15) is 9.59 Å². The smallest absolute Gasteiger partial charge is 0.333 e. The first-order valence-corrected chi connectivity index (χ1v) is 11.3. The molecule has 0 spiro atoms. The molecule has 0 aliphatic carbocycles. The number of hydrogen-bond donors (Lipinski definition) is 0. The third kappa shape index (κ3) is 5.40. The van der Waals surface area contributed by atoms with Crippen LogP contribution in [0.2, 0.25) is 0 Å². The van der Waals surface area contributed by atoms with Crippen molar-refractivity contribution in [3.8, 4) is 11.8 Å². The van der Waals surface area contributed by atoms with Crippen molar-refractivity contribution in [3.63, 3.8) is 0 Å². The molecule has 2 heterocycles. The van der Waals surface area contributed by atoms with E-state index in [2.05, 4.69) is 15.9 Å². The molecular weight excluding hydrogens is 406 g/mol. The number of anilines is 1. The lowest BCUT2D eigenvalue weighted by atomic mass is 10.2. The van der Waals surface area contributed by atoms with Crippen molar-refractivity contribution in [3.05, 3.63) is 56.7 Å². The third-order valence-electron chi connectivity index (χ3n) is 5.75. The van der Waals surface area contributed by atoms with Gasteiger partial charge < -0.3 is 9.64 Å². The Labute approximate surface area is 189 Å². The van der Waals surface area contributed by atoms with Crippen molar-refractivity contribution in [2.45, 2.75) is 46.2 Å². The molecular formula is C24H33N5O3. The number of nitriles is 1. The SMILES string of the molecule is CC(C)n1c(N2CCN(CCCOc3ccc(C#N)cc3)CC2)cc(=O)n(C(C)C)c1=O. The van der Waals surface area contributed by atoms with Gasteiger partial charge >= 0.3 is 5.69 Å². The summed E-state index contributed by atoms with van der Waals surface area (Å²) in [5.41, 5.74) is 0.152. The Morgan fingerprint density at radius 2 is 1.59 bits per heavy atom. The zero-order valence-electron chi connectivity index (χ0n) is 19.5. The number of hydrogen-bond acceptors (Lipinski definition) is 6. The van der Waals surface area contributed by atoms with Crippen LogP contribution in [0.3, 0.4) is 0 Å². The molecule has 8 nitrogen and oxygen atoms in total. The van der Waals surface area contributed by atoms with Crippen LogP contribution in [0, 0.1) is 11.3 Å². The second-order valence-electron chi connectivity index (χ2n) is 8.72. The molecule has 0 radical (unpaired) electrons. The van der Waals surface area contributed by atoms with E-state index in [1.165, 1.54) is 4.57 Å². The number of aromatic nitrogens is 2. The first-order chi connectivity index (χ1) is 15.3. The van der Waals surface area contributed by atoms with Gasteiger partial charge in [-0.15, -0.1) is 0 Å². The number of benzene rings is 1. The predicted molar refractivity (Wildman–Crippen MR) is 126 cm³/mol. The summed E-state index contributed by atoms with van der Waals surface area (Å²) in [6, 6.07) is 10.7. The zero-order valence-corrected chi connectivity index (χ0v) is 19.5. The Hall–Kier alpha value is -3.05. The molecule has 1 aromatic heterocycles. The van der Waals surface area contributed by atoms with Crippen molar-refractivity contribution < 1.29 is 4.74 Å². The summed E-state index contributed by atoms with van der Waals surface area (Å²) >= 11 is 0. The van der Waals surface area contributed by atoms with Crippen LogP contribution in [-0.2, 0) is 0 Å². The van der Waals surface area contributed by atoms with Crippen LogP contribution < -0.4 is 20.9 Å². The fourth-order valence-corrected chi connectivity index (χ4v) is 4.07. The first kappa shape index (κ1) is 23.6. The Morgan fingerprint density at radius 1 is 0.969 bits per heavy atom. The summed E-state index contributed by atoms with van der Waals surface area (Å²) in [4.78, 5) is 30.1. The Balaban J connectivity index is 1.56. The molecule has 172 valence electrons. The molecule has 1 aliphatic heterocycles. The van der Waals surface area contributed by atoms with Crippen LogP contribution in [0.25, 0.3) is 0 Å². The summed E-state index contributed by atoms with van der Waals surface area (Å²) in [6.07, 6.45) is 0.904. The molecule has 8 heteroatoms. The van der Waals surface area contributed by atoms with Gasteiger partial charge in [0.2, 0.25) is 0 Å². The van der Waals surface area contributed by atoms with E-state index in [0.717, 1.165) is 50.7 Å². The molecule has 32 heavy (non-hydrogen) atoms. The summed E-state index contributed by atoms with van der Waals surface area (Å²) in [7, 11) is 0. The number of piperazine rings is 1. The average Bonchev–Trinajstić information content (AvgIpc) is 2.76. The monoisotopic (exact) mass is 439 g/mol. The molecule has 1 aromatic carbocycles. The molecule has 3 rings (SSSR count). The maximum absolute atomic E-state index is 13.0. The van der Waals surface area contributed by atoms with Crippen LogP contribution in [0.15, 0.2) is 39.9 Å². The maximum atomic E-state index is 13.0. The van der Waals surface area contributed by atoms with Crippen molar-refractivity contribution in [1.29, 1.82) is 5.26 Å².